The van der Waals surface area contributed by atoms with Gasteiger partial charge in [-0.05, 0) is 64.0 Å². The normalized spacial score (nSPS) is 21.4. The van der Waals surface area contributed by atoms with Gasteiger partial charge in [-0.15, -0.1) is 0 Å². The standard InChI is InChI=1S/C27H38N6O3/c1-19-17-33(13-14-36-19)24-6-4-5-22(29-24)30-25(35)20-16-28-23(31-26(2,3)18-34)15-21(20)32-11-9-27(7-8-27)10-12-32/h4-6,15-16,19,34H,7-14,17-18H2,1-3H3,(H,28,31)(H,29,30,35)/t19-/m1/s1. The smallest absolute Gasteiger partial charge is 0.260 e. The van der Waals surface area contributed by atoms with Gasteiger partial charge >= 0.3 is 0 Å². The number of carbonyl (C=O) groups is 1. The van der Waals surface area contributed by atoms with E-state index in [-0.39, 0.29) is 18.6 Å². The Bertz CT molecular complexity index is 1090. The molecule has 9 nitrogen and oxygen atoms in total. The fraction of sp³-hybridized carbons (Fsp3) is 0.593. The first-order valence-electron chi connectivity index (χ1n) is 13.0. The van der Waals surface area contributed by atoms with Crippen molar-refractivity contribution in [3.05, 3.63) is 36.0 Å². The highest BCUT2D eigenvalue weighted by molar-refractivity contribution is 6.08. The van der Waals surface area contributed by atoms with Crippen LogP contribution in [-0.4, -0.2) is 72.0 Å². The van der Waals surface area contributed by atoms with Gasteiger partial charge in [-0.3, -0.25) is 4.79 Å². The van der Waals surface area contributed by atoms with Crippen molar-refractivity contribution >= 4 is 29.0 Å². The Hall–Kier alpha value is -2.91. The molecule has 4 heterocycles. The van der Waals surface area contributed by atoms with Gasteiger partial charge in [0.15, 0.2) is 0 Å². The molecule has 1 amide bonds. The molecule has 3 fully saturated rings. The number of carbonyl (C=O) groups excluding carboxylic acids is 1. The van der Waals surface area contributed by atoms with Crippen LogP contribution in [0.1, 0.15) is 56.8 Å². The number of ether oxygens (including phenoxy) is 1. The lowest BCUT2D eigenvalue weighted by atomic mass is 9.93. The first-order valence-corrected chi connectivity index (χ1v) is 13.0. The lowest BCUT2D eigenvalue weighted by Crippen LogP contribution is -2.41. The second-order valence-corrected chi connectivity index (χ2v) is 11.2. The average Bonchev–Trinajstić information content (AvgIpc) is 3.63. The van der Waals surface area contributed by atoms with Crippen molar-refractivity contribution in [2.75, 3.05) is 59.8 Å². The quantitative estimate of drug-likeness (QED) is 0.537. The van der Waals surface area contributed by atoms with Gasteiger partial charge in [0.2, 0.25) is 0 Å². The SMILES string of the molecule is C[C@@H]1CN(c2cccc(NC(=O)c3cnc(NC(C)(C)CO)cc3N3CCC4(CC3)CC4)n2)CCO1. The van der Waals surface area contributed by atoms with E-state index >= 15 is 0 Å². The van der Waals surface area contributed by atoms with E-state index in [0.717, 1.165) is 50.5 Å². The fourth-order valence-electron chi connectivity index (χ4n) is 5.11. The molecule has 0 unspecified atom stereocenters. The number of rotatable bonds is 7. The number of aliphatic hydroxyl groups is 1. The molecular weight excluding hydrogens is 456 g/mol. The summed E-state index contributed by atoms with van der Waals surface area (Å²) in [6.45, 7) is 9.93. The largest absolute Gasteiger partial charge is 0.394 e. The maximum atomic E-state index is 13.5. The van der Waals surface area contributed by atoms with Gasteiger partial charge in [-0.2, -0.15) is 0 Å². The molecule has 2 aliphatic heterocycles. The summed E-state index contributed by atoms with van der Waals surface area (Å²) in [7, 11) is 0. The van der Waals surface area contributed by atoms with Gasteiger partial charge in [-0.1, -0.05) is 6.07 Å². The molecule has 1 aliphatic carbocycles. The molecule has 5 rings (SSSR count). The first kappa shape index (κ1) is 24.8. The van der Waals surface area contributed by atoms with E-state index in [2.05, 4.69) is 32.3 Å². The lowest BCUT2D eigenvalue weighted by molar-refractivity contribution is 0.0529. The van der Waals surface area contributed by atoms with Crippen molar-refractivity contribution in [2.24, 2.45) is 5.41 Å². The van der Waals surface area contributed by atoms with Gasteiger partial charge in [0, 0.05) is 38.4 Å². The Morgan fingerprint density at radius 2 is 1.94 bits per heavy atom. The Morgan fingerprint density at radius 3 is 2.64 bits per heavy atom. The third-order valence-electron chi connectivity index (χ3n) is 7.65. The van der Waals surface area contributed by atoms with Crippen LogP contribution < -0.4 is 20.4 Å². The highest BCUT2D eigenvalue weighted by Crippen LogP contribution is 2.54. The molecule has 0 bridgehead atoms. The number of nitrogens with zero attached hydrogens (tertiary/aromatic N) is 4. The van der Waals surface area contributed by atoms with Gasteiger partial charge in [0.1, 0.15) is 17.5 Å². The molecule has 36 heavy (non-hydrogen) atoms. The number of morpholine rings is 1. The Balaban J connectivity index is 1.37. The van der Waals surface area contributed by atoms with Gasteiger partial charge in [0.25, 0.3) is 5.91 Å². The van der Waals surface area contributed by atoms with Crippen LogP contribution in [0.2, 0.25) is 0 Å². The number of pyridine rings is 2. The van der Waals surface area contributed by atoms with Crippen LogP contribution in [0.5, 0.6) is 0 Å². The Kier molecular flexibility index (Phi) is 6.78. The molecule has 2 aromatic rings. The van der Waals surface area contributed by atoms with Crippen LogP contribution in [0, 0.1) is 5.41 Å². The van der Waals surface area contributed by atoms with Crippen LogP contribution >= 0.6 is 0 Å². The number of amides is 1. The van der Waals surface area contributed by atoms with Crippen molar-refractivity contribution in [1.82, 2.24) is 9.97 Å². The molecule has 1 spiro atoms. The van der Waals surface area contributed by atoms with E-state index in [0.29, 0.717) is 29.2 Å². The molecule has 2 aromatic heterocycles. The van der Waals surface area contributed by atoms with Gasteiger partial charge in [0.05, 0.1) is 36.1 Å². The summed E-state index contributed by atoms with van der Waals surface area (Å²) in [5.74, 6) is 1.77. The highest BCUT2D eigenvalue weighted by atomic mass is 16.5. The number of piperidine rings is 1. The summed E-state index contributed by atoms with van der Waals surface area (Å²) in [6, 6.07) is 7.64. The predicted octanol–water partition coefficient (Wildman–Crippen LogP) is 3.52. The zero-order valence-corrected chi connectivity index (χ0v) is 21.6. The monoisotopic (exact) mass is 494 g/mol. The van der Waals surface area contributed by atoms with Gasteiger partial charge in [-0.25, -0.2) is 9.97 Å². The van der Waals surface area contributed by atoms with Crippen molar-refractivity contribution in [1.29, 1.82) is 0 Å². The zero-order valence-electron chi connectivity index (χ0n) is 21.6. The van der Waals surface area contributed by atoms with Gasteiger partial charge < -0.3 is 30.3 Å². The summed E-state index contributed by atoms with van der Waals surface area (Å²) in [4.78, 5) is 27.2. The third kappa shape index (κ3) is 5.57. The number of aliphatic hydroxyl groups excluding tert-OH is 1. The lowest BCUT2D eigenvalue weighted by Gasteiger charge is -2.35. The molecule has 3 N–H and O–H groups in total. The first-order chi connectivity index (χ1) is 17.3. The zero-order chi connectivity index (χ0) is 25.3. The predicted molar refractivity (Wildman–Crippen MR) is 142 cm³/mol. The van der Waals surface area contributed by atoms with Crippen molar-refractivity contribution in [3.8, 4) is 0 Å². The maximum absolute atomic E-state index is 13.5. The highest BCUT2D eigenvalue weighted by Gasteiger charge is 2.44. The van der Waals surface area contributed by atoms with E-state index in [1.807, 2.05) is 38.1 Å². The molecule has 9 heteroatoms. The summed E-state index contributed by atoms with van der Waals surface area (Å²) in [5.41, 5.74) is 1.41. The molecule has 0 radical (unpaired) electrons. The van der Waals surface area contributed by atoms with E-state index in [9.17, 15) is 9.90 Å². The molecule has 0 aromatic carbocycles. The van der Waals surface area contributed by atoms with E-state index in [4.69, 9.17) is 9.72 Å². The van der Waals surface area contributed by atoms with Crippen LogP contribution in [-0.2, 0) is 4.74 Å². The summed E-state index contributed by atoms with van der Waals surface area (Å²) in [5, 5.41) is 16.0. The van der Waals surface area contributed by atoms with Crippen molar-refractivity contribution < 1.29 is 14.6 Å². The van der Waals surface area contributed by atoms with Crippen LogP contribution in [0.15, 0.2) is 30.5 Å². The summed E-state index contributed by atoms with van der Waals surface area (Å²) >= 11 is 0. The molecular formula is C27H38N6O3. The fourth-order valence-corrected chi connectivity index (χ4v) is 5.11. The number of nitrogens with one attached hydrogen (secondary N) is 2. The molecule has 1 atom stereocenters. The van der Waals surface area contributed by atoms with E-state index < -0.39 is 5.54 Å². The van der Waals surface area contributed by atoms with E-state index in [1.54, 1.807) is 6.20 Å². The Morgan fingerprint density at radius 1 is 1.17 bits per heavy atom. The number of hydrogen-bond donors (Lipinski definition) is 3. The topological polar surface area (TPSA) is 103 Å². The molecule has 1 saturated carbocycles. The second-order valence-electron chi connectivity index (χ2n) is 11.2. The minimum absolute atomic E-state index is 0.0254. The number of anilines is 4. The van der Waals surface area contributed by atoms with Crippen LogP contribution in [0.25, 0.3) is 0 Å². The van der Waals surface area contributed by atoms with Crippen LogP contribution in [0.4, 0.5) is 23.1 Å². The average molecular weight is 495 g/mol. The molecule has 3 aliphatic rings. The number of hydrogen-bond acceptors (Lipinski definition) is 8. The summed E-state index contributed by atoms with van der Waals surface area (Å²) < 4.78 is 5.65. The van der Waals surface area contributed by atoms with Crippen molar-refractivity contribution in [3.63, 3.8) is 0 Å². The minimum atomic E-state index is -0.518. The number of aromatic nitrogens is 2. The Labute approximate surface area is 213 Å². The van der Waals surface area contributed by atoms with E-state index in [1.165, 1.54) is 12.8 Å². The summed E-state index contributed by atoms with van der Waals surface area (Å²) in [6.07, 6.45) is 6.74. The minimum Gasteiger partial charge on any atom is -0.394 e. The maximum Gasteiger partial charge on any atom is 0.260 e. The third-order valence-corrected chi connectivity index (χ3v) is 7.65. The second kappa shape index (κ2) is 9.86. The molecule has 194 valence electrons. The van der Waals surface area contributed by atoms with Crippen molar-refractivity contribution in [2.45, 2.75) is 58.1 Å². The molecule has 2 saturated heterocycles. The van der Waals surface area contributed by atoms with Crippen LogP contribution in [0.3, 0.4) is 0 Å².